The quantitative estimate of drug-likeness (QED) is 0.885. The van der Waals surface area contributed by atoms with Gasteiger partial charge in [-0.1, -0.05) is 12.1 Å². The maximum atomic E-state index is 12.7. The molecule has 0 fully saturated rings. The number of ether oxygens (including phenoxy) is 2. The number of carbonyl (C=O) groups excluding carboxylic acids is 2. The minimum Gasteiger partial charge on any atom is -0.486 e. The molecule has 0 spiro atoms. The number of benzene rings is 2. The molecule has 0 saturated carbocycles. The molecular formula is C20H22N2O4. The lowest BCUT2D eigenvalue weighted by Gasteiger charge is -2.29. The Kier molecular flexibility index (Phi) is 4.84. The van der Waals surface area contributed by atoms with Crippen molar-refractivity contribution in [3.63, 3.8) is 0 Å². The van der Waals surface area contributed by atoms with Crippen molar-refractivity contribution in [2.24, 2.45) is 0 Å². The van der Waals surface area contributed by atoms with Crippen LogP contribution in [0.15, 0.2) is 42.5 Å². The lowest BCUT2D eigenvalue weighted by Crippen LogP contribution is -2.41. The van der Waals surface area contributed by atoms with Crippen LogP contribution in [-0.2, 0) is 10.3 Å². The number of anilines is 1. The van der Waals surface area contributed by atoms with Crippen LogP contribution >= 0.6 is 0 Å². The Bertz CT molecular complexity index is 845. The average molecular weight is 354 g/mol. The highest BCUT2D eigenvalue weighted by atomic mass is 16.6. The van der Waals surface area contributed by atoms with Gasteiger partial charge in [0.15, 0.2) is 11.5 Å². The van der Waals surface area contributed by atoms with Crippen molar-refractivity contribution < 1.29 is 19.1 Å². The molecule has 6 heteroatoms. The van der Waals surface area contributed by atoms with Gasteiger partial charge in [0.05, 0.1) is 5.54 Å². The van der Waals surface area contributed by atoms with Crippen LogP contribution in [0.5, 0.6) is 11.5 Å². The summed E-state index contributed by atoms with van der Waals surface area (Å²) in [6, 6.07) is 12.5. The van der Waals surface area contributed by atoms with Gasteiger partial charge in [0, 0.05) is 18.2 Å². The van der Waals surface area contributed by atoms with Gasteiger partial charge in [0.25, 0.3) is 5.91 Å². The van der Waals surface area contributed by atoms with Crippen molar-refractivity contribution in [2.45, 2.75) is 26.3 Å². The second kappa shape index (κ2) is 7.07. The number of nitrogens with one attached hydrogen (secondary N) is 2. The van der Waals surface area contributed by atoms with Gasteiger partial charge in [-0.05, 0) is 49.7 Å². The first-order chi connectivity index (χ1) is 12.3. The molecule has 0 bridgehead atoms. The first-order valence-corrected chi connectivity index (χ1v) is 8.45. The van der Waals surface area contributed by atoms with E-state index in [4.69, 9.17) is 9.47 Å². The monoisotopic (exact) mass is 354 g/mol. The third-order valence-electron chi connectivity index (χ3n) is 4.14. The van der Waals surface area contributed by atoms with E-state index in [1.807, 2.05) is 32.0 Å². The Hall–Kier alpha value is -3.02. The normalized spacial score (nSPS) is 13.0. The summed E-state index contributed by atoms with van der Waals surface area (Å²) in [6.07, 6.45) is 0. The Balaban J connectivity index is 1.78. The molecule has 0 radical (unpaired) electrons. The largest absolute Gasteiger partial charge is 0.486 e. The highest BCUT2D eigenvalue weighted by molar-refractivity contribution is 5.97. The van der Waals surface area contributed by atoms with Gasteiger partial charge in [-0.25, -0.2) is 0 Å². The van der Waals surface area contributed by atoms with Gasteiger partial charge < -0.3 is 20.1 Å². The molecule has 2 amide bonds. The number of carbonyl (C=O) groups is 2. The van der Waals surface area contributed by atoms with Crippen molar-refractivity contribution in [3.05, 3.63) is 53.6 Å². The fraction of sp³-hybridized carbons (Fsp3) is 0.300. The van der Waals surface area contributed by atoms with Crippen molar-refractivity contribution in [3.8, 4) is 11.5 Å². The fourth-order valence-corrected chi connectivity index (χ4v) is 2.80. The maximum absolute atomic E-state index is 12.7. The summed E-state index contributed by atoms with van der Waals surface area (Å²) < 4.78 is 11.2. The van der Waals surface area contributed by atoms with Crippen LogP contribution in [0.4, 0.5) is 5.69 Å². The van der Waals surface area contributed by atoms with Crippen molar-refractivity contribution in [2.75, 3.05) is 18.5 Å². The van der Waals surface area contributed by atoms with Crippen LogP contribution in [0, 0.1) is 0 Å². The summed E-state index contributed by atoms with van der Waals surface area (Å²) in [6.45, 7) is 6.33. The zero-order chi connectivity index (χ0) is 18.7. The van der Waals surface area contributed by atoms with Crippen LogP contribution in [0.1, 0.15) is 36.7 Å². The van der Waals surface area contributed by atoms with Crippen LogP contribution in [0.25, 0.3) is 0 Å². The molecule has 1 heterocycles. The highest BCUT2D eigenvalue weighted by Crippen LogP contribution is 2.34. The van der Waals surface area contributed by atoms with Crippen LogP contribution in [-0.4, -0.2) is 25.0 Å². The van der Waals surface area contributed by atoms with Crippen molar-refractivity contribution >= 4 is 17.5 Å². The first kappa shape index (κ1) is 17.8. The molecule has 1 aliphatic heterocycles. The Labute approximate surface area is 152 Å². The Morgan fingerprint density at radius 1 is 1.00 bits per heavy atom. The molecule has 0 unspecified atom stereocenters. The van der Waals surface area contributed by atoms with Crippen LogP contribution in [0.2, 0.25) is 0 Å². The molecule has 1 aliphatic rings. The van der Waals surface area contributed by atoms with Gasteiger partial charge in [0.2, 0.25) is 5.91 Å². The maximum Gasteiger partial charge on any atom is 0.252 e. The predicted octanol–water partition coefficient (Wildman–Crippen LogP) is 3.08. The summed E-state index contributed by atoms with van der Waals surface area (Å²) in [7, 11) is 0. The standard InChI is InChI=1S/C20H22N2O4/c1-13(23)21-16-6-4-5-14(11-16)19(24)22-20(2,3)15-7-8-17-18(12-15)26-10-9-25-17/h4-8,11-12H,9-10H2,1-3H3,(H,21,23)(H,22,24). The third-order valence-corrected chi connectivity index (χ3v) is 4.14. The highest BCUT2D eigenvalue weighted by Gasteiger charge is 2.25. The SMILES string of the molecule is CC(=O)Nc1cccc(C(=O)NC(C)(C)c2ccc3c(c2)OCCO3)c1. The van der Waals surface area contributed by atoms with Gasteiger partial charge in [0.1, 0.15) is 13.2 Å². The molecule has 0 aromatic heterocycles. The second-order valence-electron chi connectivity index (χ2n) is 6.70. The Morgan fingerprint density at radius 3 is 2.46 bits per heavy atom. The van der Waals surface area contributed by atoms with Crippen LogP contribution < -0.4 is 20.1 Å². The summed E-state index contributed by atoms with van der Waals surface area (Å²) in [5.74, 6) is 0.991. The molecule has 3 rings (SSSR count). The van der Waals surface area contributed by atoms with Gasteiger partial charge >= 0.3 is 0 Å². The molecule has 26 heavy (non-hydrogen) atoms. The minimum atomic E-state index is -0.614. The van der Waals surface area contributed by atoms with E-state index in [0.29, 0.717) is 36.0 Å². The zero-order valence-electron chi connectivity index (χ0n) is 15.1. The molecule has 136 valence electrons. The summed E-state index contributed by atoms with van der Waals surface area (Å²) in [5, 5.41) is 5.71. The second-order valence-corrected chi connectivity index (χ2v) is 6.70. The average Bonchev–Trinajstić information content (AvgIpc) is 2.60. The van der Waals surface area contributed by atoms with E-state index < -0.39 is 5.54 Å². The van der Waals surface area contributed by atoms with Gasteiger partial charge in [-0.2, -0.15) is 0 Å². The number of hydrogen-bond acceptors (Lipinski definition) is 4. The lowest BCUT2D eigenvalue weighted by molar-refractivity contribution is -0.114. The predicted molar refractivity (Wildman–Crippen MR) is 98.7 cm³/mol. The summed E-state index contributed by atoms with van der Waals surface area (Å²) >= 11 is 0. The van der Waals surface area contributed by atoms with E-state index in [1.54, 1.807) is 24.3 Å². The zero-order valence-corrected chi connectivity index (χ0v) is 15.1. The molecule has 0 saturated heterocycles. The smallest absolute Gasteiger partial charge is 0.252 e. The number of fused-ring (bicyclic) bond motifs is 1. The van der Waals surface area contributed by atoms with Crippen molar-refractivity contribution in [1.82, 2.24) is 5.32 Å². The molecule has 0 aliphatic carbocycles. The van der Waals surface area contributed by atoms with E-state index in [1.165, 1.54) is 6.92 Å². The molecule has 2 aromatic carbocycles. The van der Waals surface area contributed by atoms with E-state index >= 15 is 0 Å². The third kappa shape index (κ3) is 3.96. The molecule has 2 aromatic rings. The molecule has 6 nitrogen and oxygen atoms in total. The van der Waals surface area contributed by atoms with Crippen LogP contribution in [0.3, 0.4) is 0 Å². The number of hydrogen-bond donors (Lipinski definition) is 2. The number of rotatable bonds is 4. The van der Waals surface area contributed by atoms with Gasteiger partial charge in [-0.3, -0.25) is 9.59 Å². The number of amides is 2. The van der Waals surface area contributed by atoms with E-state index in [0.717, 1.165) is 5.56 Å². The molecule has 2 N–H and O–H groups in total. The van der Waals surface area contributed by atoms with Gasteiger partial charge in [-0.15, -0.1) is 0 Å². The Morgan fingerprint density at radius 2 is 1.73 bits per heavy atom. The molecular weight excluding hydrogens is 332 g/mol. The molecule has 0 atom stereocenters. The minimum absolute atomic E-state index is 0.181. The lowest BCUT2D eigenvalue weighted by atomic mass is 9.93. The van der Waals surface area contributed by atoms with E-state index in [2.05, 4.69) is 10.6 Å². The summed E-state index contributed by atoms with van der Waals surface area (Å²) in [5.41, 5.74) is 1.36. The topological polar surface area (TPSA) is 76.7 Å². The first-order valence-electron chi connectivity index (χ1n) is 8.45. The van der Waals surface area contributed by atoms with E-state index in [-0.39, 0.29) is 11.8 Å². The van der Waals surface area contributed by atoms with Crippen molar-refractivity contribution in [1.29, 1.82) is 0 Å². The fourth-order valence-electron chi connectivity index (χ4n) is 2.80. The van der Waals surface area contributed by atoms with E-state index in [9.17, 15) is 9.59 Å². The summed E-state index contributed by atoms with van der Waals surface area (Å²) in [4.78, 5) is 23.9.